The predicted octanol–water partition coefficient (Wildman–Crippen LogP) is 3.73. The lowest BCUT2D eigenvalue weighted by Crippen LogP contribution is -2.17. The van der Waals surface area contributed by atoms with Gasteiger partial charge in [-0.1, -0.05) is 11.6 Å². The Hall–Kier alpha value is -3.84. The zero-order valence-electron chi connectivity index (χ0n) is 14.9. The molecule has 0 saturated heterocycles. The number of halogens is 1. The number of aromatic hydroxyl groups is 2. The number of amides is 1. The van der Waals surface area contributed by atoms with Crippen molar-refractivity contribution in [1.82, 2.24) is 5.43 Å². The van der Waals surface area contributed by atoms with Gasteiger partial charge in [0.05, 0.1) is 17.3 Å². The first-order valence-corrected chi connectivity index (χ1v) is 8.73. The van der Waals surface area contributed by atoms with E-state index in [9.17, 15) is 19.8 Å². The standard InChI is InChI=1S/C21H15ClN2O5/c22-15-5-3-14(4-6-15)21(28)29-17-8-1-13(2-9-17)12-23-24-20(27)18-10-7-16(25)11-19(18)26/h1-12,25-26H,(H,24,27)/b23-12+. The van der Waals surface area contributed by atoms with Crippen LogP contribution in [0.25, 0.3) is 0 Å². The summed E-state index contributed by atoms with van der Waals surface area (Å²) in [7, 11) is 0. The van der Waals surface area contributed by atoms with Crippen LogP contribution in [-0.4, -0.2) is 28.3 Å². The van der Waals surface area contributed by atoms with Gasteiger partial charge in [0.2, 0.25) is 0 Å². The van der Waals surface area contributed by atoms with Crippen molar-refractivity contribution < 1.29 is 24.5 Å². The van der Waals surface area contributed by atoms with Gasteiger partial charge in [-0.05, 0) is 66.2 Å². The predicted molar refractivity (Wildman–Crippen MR) is 108 cm³/mol. The number of carbonyl (C=O) groups is 2. The lowest BCUT2D eigenvalue weighted by atomic mass is 10.2. The van der Waals surface area contributed by atoms with Crippen molar-refractivity contribution in [3.05, 3.63) is 88.4 Å². The van der Waals surface area contributed by atoms with Crippen molar-refractivity contribution in [1.29, 1.82) is 0 Å². The van der Waals surface area contributed by atoms with Gasteiger partial charge in [0.1, 0.15) is 17.2 Å². The first kappa shape index (κ1) is 19.9. The van der Waals surface area contributed by atoms with E-state index < -0.39 is 11.9 Å². The van der Waals surface area contributed by atoms with Gasteiger partial charge in [-0.3, -0.25) is 4.79 Å². The van der Waals surface area contributed by atoms with Crippen molar-refractivity contribution in [2.24, 2.45) is 5.10 Å². The van der Waals surface area contributed by atoms with Crippen LogP contribution in [0, 0.1) is 0 Å². The fourth-order valence-corrected chi connectivity index (χ4v) is 2.44. The summed E-state index contributed by atoms with van der Waals surface area (Å²) in [6, 6.07) is 16.4. The Bertz CT molecular complexity index is 1060. The molecule has 0 unspecified atom stereocenters. The molecule has 3 aromatic rings. The molecule has 7 nitrogen and oxygen atoms in total. The molecule has 0 saturated carbocycles. The van der Waals surface area contributed by atoms with Crippen LogP contribution in [0.15, 0.2) is 71.8 Å². The number of benzene rings is 3. The zero-order valence-corrected chi connectivity index (χ0v) is 15.6. The minimum atomic E-state index is -0.632. The normalized spacial score (nSPS) is 10.7. The highest BCUT2D eigenvalue weighted by molar-refractivity contribution is 6.30. The van der Waals surface area contributed by atoms with E-state index >= 15 is 0 Å². The molecule has 0 fully saturated rings. The molecule has 0 spiro atoms. The van der Waals surface area contributed by atoms with Crippen molar-refractivity contribution >= 4 is 29.7 Å². The topological polar surface area (TPSA) is 108 Å². The second kappa shape index (κ2) is 8.90. The van der Waals surface area contributed by atoms with Crippen LogP contribution >= 0.6 is 11.6 Å². The van der Waals surface area contributed by atoms with E-state index in [2.05, 4.69) is 10.5 Å². The Morgan fingerprint density at radius 2 is 1.66 bits per heavy atom. The van der Waals surface area contributed by atoms with Crippen LogP contribution in [0.5, 0.6) is 17.2 Å². The van der Waals surface area contributed by atoms with E-state index in [0.717, 1.165) is 6.07 Å². The molecule has 29 heavy (non-hydrogen) atoms. The number of phenols is 2. The molecule has 8 heteroatoms. The number of phenolic OH excluding ortho intramolecular Hbond substituents is 2. The number of esters is 1. The maximum atomic E-state index is 12.1. The third-order valence-corrected chi connectivity index (χ3v) is 4.03. The van der Waals surface area contributed by atoms with Gasteiger partial charge in [-0.15, -0.1) is 0 Å². The Labute approximate surface area is 170 Å². The largest absolute Gasteiger partial charge is 0.508 e. The Morgan fingerprint density at radius 1 is 0.966 bits per heavy atom. The molecule has 3 N–H and O–H groups in total. The van der Waals surface area contributed by atoms with Gasteiger partial charge in [0.25, 0.3) is 5.91 Å². The summed E-state index contributed by atoms with van der Waals surface area (Å²) in [6.45, 7) is 0. The highest BCUT2D eigenvalue weighted by Crippen LogP contribution is 2.22. The summed E-state index contributed by atoms with van der Waals surface area (Å²) in [5.74, 6) is -1.31. The molecule has 0 aliphatic heterocycles. The molecule has 3 rings (SSSR count). The van der Waals surface area contributed by atoms with Crippen LogP contribution in [-0.2, 0) is 0 Å². The monoisotopic (exact) mass is 410 g/mol. The van der Waals surface area contributed by atoms with E-state index in [0.29, 0.717) is 21.9 Å². The van der Waals surface area contributed by atoms with E-state index in [1.165, 1.54) is 18.3 Å². The van der Waals surface area contributed by atoms with Crippen molar-refractivity contribution in [3.63, 3.8) is 0 Å². The lowest BCUT2D eigenvalue weighted by Gasteiger charge is -2.05. The van der Waals surface area contributed by atoms with Gasteiger partial charge in [-0.2, -0.15) is 5.10 Å². The molecule has 0 heterocycles. The molecule has 0 aliphatic rings. The van der Waals surface area contributed by atoms with Crippen molar-refractivity contribution in [3.8, 4) is 17.2 Å². The lowest BCUT2D eigenvalue weighted by molar-refractivity contribution is 0.0734. The zero-order chi connectivity index (χ0) is 20.8. The average Bonchev–Trinajstić information content (AvgIpc) is 2.69. The number of nitrogens with zero attached hydrogens (tertiary/aromatic N) is 1. The highest BCUT2D eigenvalue weighted by Gasteiger charge is 2.11. The fourth-order valence-electron chi connectivity index (χ4n) is 2.31. The molecule has 146 valence electrons. The van der Waals surface area contributed by atoms with Crippen LogP contribution in [0.2, 0.25) is 5.02 Å². The molecule has 0 bridgehead atoms. The van der Waals surface area contributed by atoms with Gasteiger partial charge in [-0.25, -0.2) is 10.2 Å². The molecule has 0 aromatic heterocycles. The SMILES string of the molecule is O=C(Oc1ccc(/C=N/NC(=O)c2ccc(O)cc2O)cc1)c1ccc(Cl)cc1. The summed E-state index contributed by atoms with van der Waals surface area (Å²) in [6.07, 6.45) is 1.39. The number of ether oxygens (including phenoxy) is 1. The second-order valence-corrected chi connectivity index (χ2v) is 6.30. The molecular formula is C21H15ClN2O5. The Balaban J connectivity index is 1.57. The quantitative estimate of drug-likeness (QED) is 0.257. The van der Waals surface area contributed by atoms with Gasteiger partial charge in [0, 0.05) is 11.1 Å². The summed E-state index contributed by atoms with van der Waals surface area (Å²) >= 11 is 5.79. The molecule has 0 radical (unpaired) electrons. The van der Waals surface area contributed by atoms with Crippen LogP contribution in [0.3, 0.4) is 0 Å². The molecule has 1 amide bonds. The van der Waals surface area contributed by atoms with E-state index in [4.69, 9.17) is 16.3 Å². The summed E-state index contributed by atoms with van der Waals surface area (Å²) < 4.78 is 5.27. The number of nitrogens with one attached hydrogen (secondary N) is 1. The van der Waals surface area contributed by atoms with E-state index in [1.807, 2.05) is 0 Å². The van der Waals surface area contributed by atoms with E-state index in [1.54, 1.807) is 48.5 Å². The second-order valence-electron chi connectivity index (χ2n) is 5.87. The molecule has 0 atom stereocenters. The summed E-state index contributed by atoms with van der Waals surface area (Å²) in [4.78, 5) is 24.0. The maximum Gasteiger partial charge on any atom is 0.343 e. The highest BCUT2D eigenvalue weighted by atomic mass is 35.5. The first-order chi connectivity index (χ1) is 13.9. The number of carbonyl (C=O) groups excluding carboxylic acids is 2. The molecule has 0 aliphatic carbocycles. The van der Waals surface area contributed by atoms with Crippen molar-refractivity contribution in [2.75, 3.05) is 0 Å². The summed E-state index contributed by atoms with van der Waals surface area (Å²) in [5.41, 5.74) is 3.27. The first-order valence-electron chi connectivity index (χ1n) is 8.35. The smallest absolute Gasteiger partial charge is 0.343 e. The molecular weight excluding hydrogens is 396 g/mol. The number of hydrogen-bond acceptors (Lipinski definition) is 6. The minimum Gasteiger partial charge on any atom is -0.508 e. The minimum absolute atomic E-state index is 0.0237. The van der Waals surface area contributed by atoms with Crippen LogP contribution in [0.1, 0.15) is 26.3 Å². The average molecular weight is 411 g/mol. The third-order valence-electron chi connectivity index (χ3n) is 3.78. The summed E-state index contributed by atoms with van der Waals surface area (Å²) in [5, 5.41) is 23.2. The van der Waals surface area contributed by atoms with Crippen LogP contribution in [0.4, 0.5) is 0 Å². The van der Waals surface area contributed by atoms with Crippen molar-refractivity contribution in [2.45, 2.75) is 0 Å². The number of rotatable bonds is 5. The van der Waals surface area contributed by atoms with Gasteiger partial charge < -0.3 is 14.9 Å². The fraction of sp³-hybridized carbons (Fsp3) is 0. The van der Waals surface area contributed by atoms with Crippen LogP contribution < -0.4 is 10.2 Å². The molecule has 3 aromatic carbocycles. The number of hydrazone groups is 1. The Morgan fingerprint density at radius 3 is 2.31 bits per heavy atom. The van der Waals surface area contributed by atoms with Gasteiger partial charge in [0.15, 0.2) is 0 Å². The number of hydrogen-bond donors (Lipinski definition) is 3. The van der Waals surface area contributed by atoms with E-state index in [-0.39, 0.29) is 17.1 Å². The Kier molecular flexibility index (Phi) is 6.11. The third kappa shape index (κ3) is 5.33. The van der Waals surface area contributed by atoms with Gasteiger partial charge >= 0.3 is 5.97 Å². The maximum absolute atomic E-state index is 12.1.